The summed E-state index contributed by atoms with van der Waals surface area (Å²) in [7, 11) is 0. The van der Waals surface area contributed by atoms with Crippen LogP contribution >= 0.6 is 0 Å². The molecule has 9 heteroatoms. The van der Waals surface area contributed by atoms with E-state index >= 15 is 0 Å². The highest BCUT2D eigenvalue weighted by molar-refractivity contribution is 5.95. The number of nitrogens with one attached hydrogen (secondary N) is 1. The molecule has 0 fully saturated rings. The van der Waals surface area contributed by atoms with Gasteiger partial charge in [-0.3, -0.25) is 25.0 Å². The molecule has 2 aromatic rings. The molecule has 1 amide bonds. The third-order valence-corrected chi connectivity index (χ3v) is 3.70. The minimum Gasteiger partial charge on any atom is -0.494 e. The first-order chi connectivity index (χ1) is 13.0. The first-order valence-corrected chi connectivity index (χ1v) is 8.37. The molecular formula is C18H19N3O6. The van der Waals surface area contributed by atoms with E-state index in [0.717, 1.165) is 36.8 Å². The highest BCUT2D eigenvalue weighted by atomic mass is 16.6. The van der Waals surface area contributed by atoms with Crippen LogP contribution in [0.25, 0.3) is 0 Å². The second kappa shape index (κ2) is 9.85. The number of carbonyl (C=O) groups is 1. The van der Waals surface area contributed by atoms with Gasteiger partial charge in [-0.15, -0.1) is 0 Å². The van der Waals surface area contributed by atoms with Crippen LogP contribution in [0.4, 0.5) is 11.4 Å². The minimum atomic E-state index is -0.767. The number of rotatable bonds is 10. The maximum atomic E-state index is 12.1. The number of ether oxygens (including phenoxy) is 1. The van der Waals surface area contributed by atoms with Crippen LogP contribution in [0.5, 0.6) is 5.75 Å². The smallest absolute Gasteiger partial charge is 0.277 e. The zero-order valence-electron chi connectivity index (χ0n) is 14.5. The predicted octanol–water partition coefficient (Wildman–Crippen LogP) is 3.48. The molecule has 27 heavy (non-hydrogen) atoms. The lowest BCUT2D eigenvalue weighted by Crippen LogP contribution is -2.24. The van der Waals surface area contributed by atoms with E-state index in [-0.39, 0.29) is 5.56 Å². The van der Waals surface area contributed by atoms with Gasteiger partial charge in [0.2, 0.25) is 0 Å². The quantitative estimate of drug-likeness (QED) is 0.386. The van der Waals surface area contributed by atoms with Gasteiger partial charge in [-0.2, -0.15) is 0 Å². The lowest BCUT2D eigenvalue weighted by Gasteiger charge is -2.07. The molecule has 9 nitrogen and oxygen atoms in total. The Labute approximate surface area is 155 Å². The molecule has 0 aromatic heterocycles. The van der Waals surface area contributed by atoms with Gasteiger partial charge in [0.05, 0.1) is 28.1 Å². The number of nitro benzene ring substituents is 2. The van der Waals surface area contributed by atoms with Crippen molar-refractivity contribution in [2.45, 2.75) is 19.3 Å². The third-order valence-electron chi connectivity index (χ3n) is 3.70. The fourth-order valence-corrected chi connectivity index (χ4v) is 2.35. The zero-order chi connectivity index (χ0) is 19.6. The number of para-hydroxylation sites is 1. The number of nitrogens with zero attached hydrogens (tertiary/aromatic N) is 2. The molecule has 0 saturated heterocycles. The summed E-state index contributed by atoms with van der Waals surface area (Å²) in [6.45, 7) is 0.926. The summed E-state index contributed by atoms with van der Waals surface area (Å²) < 4.78 is 5.56. The fraction of sp³-hybridized carbons (Fsp3) is 0.278. The molecule has 2 rings (SSSR count). The average molecular weight is 373 g/mol. The van der Waals surface area contributed by atoms with Gasteiger partial charge >= 0.3 is 0 Å². The molecule has 142 valence electrons. The van der Waals surface area contributed by atoms with E-state index in [2.05, 4.69) is 5.32 Å². The van der Waals surface area contributed by atoms with E-state index in [1.807, 2.05) is 30.3 Å². The molecular weight excluding hydrogens is 354 g/mol. The normalized spacial score (nSPS) is 10.2. The number of carbonyl (C=O) groups excluding carboxylic acids is 1. The van der Waals surface area contributed by atoms with E-state index in [0.29, 0.717) is 19.6 Å². The Morgan fingerprint density at radius 1 is 0.926 bits per heavy atom. The van der Waals surface area contributed by atoms with Crippen LogP contribution in [-0.4, -0.2) is 28.9 Å². The Balaban J connectivity index is 1.75. The van der Waals surface area contributed by atoms with Crippen LogP contribution < -0.4 is 10.1 Å². The summed E-state index contributed by atoms with van der Waals surface area (Å²) in [5.74, 6) is 0.223. The molecule has 2 aromatic carbocycles. The van der Waals surface area contributed by atoms with Gasteiger partial charge in [-0.25, -0.2) is 0 Å². The van der Waals surface area contributed by atoms with E-state index in [9.17, 15) is 25.0 Å². The number of nitro groups is 2. The summed E-state index contributed by atoms with van der Waals surface area (Å²) in [6.07, 6.45) is 2.33. The lowest BCUT2D eigenvalue weighted by molar-refractivity contribution is -0.394. The van der Waals surface area contributed by atoms with E-state index < -0.39 is 27.1 Å². The van der Waals surface area contributed by atoms with Crippen molar-refractivity contribution in [1.82, 2.24) is 5.32 Å². The summed E-state index contributed by atoms with van der Waals surface area (Å²) in [5, 5.41) is 24.3. The molecule has 0 unspecified atom stereocenters. The van der Waals surface area contributed by atoms with Gasteiger partial charge in [-0.1, -0.05) is 18.2 Å². The van der Waals surface area contributed by atoms with Gasteiger partial charge < -0.3 is 10.1 Å². The SMILES string of the molecule is O=C(NCCCCCOc1ccccc1)c1cc([N+](=O)[O-])cc([N+](=O)[O-])c1. The molecule has 0 radical (unpaired) electrons. The van der Waals surface area contributed by atoms with Crippen LogP contribution in [0.3, 0.4) is 0 Å². The molecule has 1 N–H and O–H groups in total. The van der Waals surface area contributed by atoms with Gasteiger partial charge in [0.25, 0.3) is 17.3 Å². The maximum Gasteiger partial charge on any atom is 0.277 e. The molecule has 0 spiro atoms. The number of hydrogen-bond donors (Lipinski definition) is 1. The molecule has 0 saturated carbocycles. The maximum absolute atomic E-state index is 12.1. The average Bonchev–Trinajstić information content (AvgIpc) is 2.67. The van der Waals surface area contributed by atoms with Gasteiger partial charge in [-0.05, 0) is 31.4 Å². The van der Waals surface area contributed by atoms with Crippen molar-refractivity contribution in [2.75, 3.05) is 13.2 Å². The Morgan fingerprint density at radius 2 is 1.56 bits per heavy atom. The molecule has 0 aliphatic rings. The first kappa shape index (κ1) is 19.8. The summed E-state index contributed by atoms with van der Waals surface area (Å²) in [5.41, 5.74) is -1.09. The number of hydrogen-bond acceptors (Lipinski definition) is 6. The Kier molecular flexibility index (Phi) is 7.24. The van der Waals surface area contributed by atoms with Crippen LogP contribution in [0, 0.1) is 20.2 Å². The number of benzene rings is 2. The van der Waals surface area contributed by atoms with Crippen molar-refractivity contribution in [2.24, 2.45) is 0 Å². The zero-order valence-corrected chi connectivity index (χ0v) is 14.5. The van der Waals surface area contributed by atoms with Crippen molar-refractivity contribution >= 4 is 17.3 Å². The van der Waals surface area contributed by atoms with Crippen molar-refractivity contribution in [1.29, 1.82) is 0 Å². The van der Waals surface area contributed by atoms with Crippen LogP contribution in [0.1, 0.15) is 29.6 Å². The molecule has 0 aliphatic carbocycles. The largest absolute Gasteiger partial charge is 0.494 e. The van der Waals surface area contributed by atoms with Crippen LogP contribution in [-0.2, 0) is 0 Å². The van der Waals surface area contributed by atoms with Crippen LogP contribution in [0.2, 0.25) is 0 Å². The highest BCUT2D eigenvalue weighted by Crippen LogP contribution is 2.22. The Morgan fingerprint density at radius 3 is 2.15 bits per heavy atom. The summed E-state index contributed by atoms with van der Waals surface area (Å²) >= 11 is 0. The third kappa shape index (κ3) is 6.38. The minimum absolute atomic E-state index is 0.108. The Hall–Kier alpha value is -3.49. The summed E-state index contributed by atoms with van der Waals surface area (Å²) in [6, 6.07) is 12.3. The van der Waals surface area contributed by atoms with Crippen LogP contribution in [0.15, 0.2) is 48.5 Å². The number of unbranched alkanes of at least 4 members (excludes halogenated alkanes) is 2. The number of amides is 1. The topological polar surface area (TPSA) is 125 Å². The summed E-state index contributed by atoms with van der Waals surface area (Å²) in [4.78, 5) is 32.3. The lowest BCUT2D eigenvalue weighted by atomic mass is 10.1. The first-order valence-electron chi connectivity index (χ1n) is 8.37. The highest BCUT2D eigenvalue weighted by Gasteiger charge is 2.19. The molecule has 0 heterocycles. The second-order valence-electron chi connectivity index (χ2n) is 5.73. The van der Waals surface area contributed by atoms with Gasteiger partial charge in [0.1, 0.15) is 5.75 Å². The second-order valence-corrected chi connectivity index (χ2v) is 5.73. The van der Waals surface area contributed by atoms with Crippen molar-refractivity contribution in [3.63, 3.8) is 0 Å². The standard InChI is InChI=1S/C18H19N3O6/c22-18(14-11-15(20(23)24)13-16(12-14)21(25)26)19-9-5-2-6-10-27-17-7-3-1-4-8-17/h1,3-4,7-8,11-13H,2,5-6,9-10H2,(H,19,22). The van der Waals surface area contributed by atoms with E-state index in [1.54, 1.807) is 0 Å². The predicted molar refractivity (Wildman–Crippen MR) is 97.9 cm³/mol. The van der Waals surface area contributed by atoms with Crippen molar-refractivity contribution in [3.05, 3.63) is 74.3 Å². The monoisotopic (exact) mass is 373 g/mol. The van der Waals surface area contributed by atoms with E-state index in [4.69, 9.17) is 4.74 Å². The molecule has 0 atom stereocenters. The van der Waals surface area contributed by atoms with E-state index in [1.165, 1.54) is 0 Å². The van der Waals surface area contributed by atoms with Gasteiger partial charge in [0, 0.05) is 18.7 Å². The number of non-ortho nitro benzene ring substituents is 2. The fourth-order valence-electron chi connectivity index (χ4n) is 2.35. The van der Waals surface area contributed by atoms with Crippen molar-refractivity contribution in [3.8, 4) is 5.75 Å². The molecule has 0 aliphatic heterocycles. The van der Waals surface area contributed by atoms with Crippen molar-refractivity contribution < 1.29 is 19.4 Å². The Bertz CT molecular complexity index is 778. The molecule has 0 bridgehead atoms. The van der Waals surface area contributed by atoms with Gasteiger partial charge in [0.15, 0.2) is 0 Å².